The van der Waals surface area contributed by atoms with E-state index in [0.29, 0.717) is 11.6 Å². The minimum atomic E-state index is -0.546. The Balaban J connectivity index is 2.29. The summed E-state index contributed by atoms with van der Waals surface area (Å²) in [6.45, 7) is 1.85. The number of halogens is 2. The predicted octanol–water partition coefficient (Wildman–Crippen LogP) is 4.51. The van der Waals surface area contributed by atoms with Gasteiger partial charge < -0.3 is 4.74 Å². The number of pyridine rings is 1. The van der Waals surface area contributed by atoms with E-state index in [-0.39, 0.29) is 10.7 Å². The van der Waals surface area contributed by atoms with Crippen molar-refractivity contribution in [2.45, 2.75) is 6.92 Å². The quantitative estimate of drug-likeness (QED) is 0.607. The summed E-state index contributed by atoms with van der Waals surface area (Å²) in [5, 5.41) is 10.7. The lowest BCUT2D eigenvalue weighted by Gasteiger charge is -2.07. The molecule has 19 heavy (non-hydrogen) atoms. The third-order valence-electron chi connectivity index (χ3n) is 2.33. The van der Waals surface area contributed by atoms with Crippen LogP contribution >= 0.6 is 27.5 Å². The van der Waals surface area contributed by atoms with Gasteiger partial charge in [-0.05, 0) is 35.0 Å². The maximum absolute atomic E-state index is 10.6. The zero-order valence-corrected chi connectivity index (χ0v) is 12.1. The van der Waals surface area contributed by atoms with Crippen LogP contribution in [0.25, 0.3) is 0 Å². The van der Waals surface area contributed by atoms with Gasteiger partial charge in [-0.1, -0.05) is 11.6 Å². The van der Waals surface area contributed by atoms with E-state index in [2.05, 4.69) is 20.9 Å². The minimum Gasteiger partial charge on any atom is -0.439 e. The normalized spacial score (nSPS) is 10.3. The number of nitro benzene ring substituents is 1. The molecule has 0 amide bonds. The highest BCUT2D eigenvalue weighted by Gasteiger charge is 2.13. The molecule has 0 fully saturated rings. The van der Waals surface area contributed by atoms with E-state index in [1.54, 1.807) is 6.20 Å². The topological polar surface area (TPSA) is 65.3 Å². The number of nitro groups is 1. The van der Waals surface area contributed by atoms with Gasteiger partial charge in [0.05, 0.1) is 4.92 Å². The first-order chi connectivity index (χ1) is 8.97. The summed E-state index contributed by atoms with van der Waals surface area (Å²) in [7, 11) is 0. The SMILES string of the molecule is Cc1cc(Br)cnc1Oc1ccc([N+](=O)[O-])c(Cl)c1. The highest BCUT2D eigenvalue weighted by Crippen LogP contribution is 2.31. The van der Waals surface area contributed by atoms with Gasteiger partial charge in [-0.25, -0.2) is 4.98 Å². The Morgan fingerprint density at radius 1 is 1.42 bits per heavy atom. The van der Waals surface area contributed by atoms with Crippen molar-refractivity contribution in [3.05, 3.63) is 55.6 Å². The molecular formula is C12H8BrClN2O3. The van der Waals surface area contributed by atoms with Gasteiger partial charge in [-0.15, -0.1) is 0 Å². The number of nitrogens with zero attached hydrogens (tertiary/aromatic N) is 2. The van der Waals surface area contributed by atoms with Crippen molar-refractivity contribution in [1.82, 2.24) is 4.98 Å². The van der Waals surface area contributed by atoms with Crippen molar-refractivity contribution in [2.75, 3.05) is 0 Å². The predicted molar refractivity (Wildman–Crippen MR) is 74.9 cm³/mol. The summed E-state index contributed by atoms with van der Waals surface area (Å²) in [6, 6.07) is 6.03. The van der Waals surface area contributed by atoms with Gasteiger partial charge in [0.1, 0.15) is 10.8 Å². The molecule has 0 aliphatic rings. The monoisotopic (exact) mass is 342 g/mol. The van der Waals surface area contributed by atoms with Crippen LogP contribution in [0.3, 0.4) is 0 Å². The lowest BCUT2D eigenvalue weighted by Crippen LogP contribution is -1.93. The fourth-order valence-corrected chi connectivity index (χ4v) is 2.13. The van der Waals surface area contributed by atoms with Crippen molar-refractivity contribution in [2.24, 2.45) is 0 Å². The zero-order valence-electron chi connectivity index (χ0n) is 9.76. The molecule has 0 aliphatic carbocycles. The van der Waals surface area contributed by atoms with Crippen molar-refractivity contribution < 1.29 is 9.66 Å². The molecule has 5 nitrogen and oxygen atoms in total. The number of hydrogen-bond donors (Lipinski definition) is 0. The number of aryl methyl sites for hydroxylation is 1. The van der Waals surface area contributed by atoms with E-state index in [9.17, 15) is 10.1 Å². The fourth-order valence-electron chi connectivity index (χ4n) is 1.45. The first-order valence-corrected chi connectivity index (χ1v) is 6.38. The summed E-state index contributed by atoms with van der Waals surface area (Å²) in [5.41, 5.74) is 0.679. The van der Waals surface area contributed by atoms with Crippen molar-refractivity contribution >= 4 is 33.2 Å². The molecule has 2 rings (SSSR count). The lowest BCUT2D eigenvalue weighted by molar-refractivity contribution is -0.384. The number of ether oxygens (including phenoxy) is 1. The average Bonchev–Trinajstić information content (AvgIpc) is 2.32. The molecule has 1 aromatic heterocycles. The van der Waals surface area contributed by atoms with Gasteiger partial charge in [-0.3, -0.25) is 10.1 Å². The smallest absolute Gasteiger partial charge is 0.288 e. The Bertz CT molecular complexity index is 649. The molecule has 0 saturated carbocycles. The Hall–Kier alpha value is -1.66. The van der Waals surface area contributed by atoms with Crippen molar-refractivity contribution in [3.8, 4) is 11.6 Å². The van der Waals surface area contributed by atoms with Crippen LogP contribution in [0, 0.1) is 17.0 Å². The van der Waals surface area contributed by atoms with Crippen LogP contribution in [-0.2, 0) is 0 Å². The maximum Gasteiger partial charge on any atom is 0.288 e. The third-order valence-corrected chi connectivity index (χ3v) is 3.06. The van der Waals surface area contributed by atoms with Gasteiger partial charge in [0.15, 0.2) is 0 Å². The van der Waals surface area contributed by atoms with E-state index in [0.717, 1.165) is 10.0 Å². The molecule has 0 spiro atoms. The van der Waals surface area contributed by atoms with Crippen LogP contribution in [0.2, 0.25) is 5.02 Å². The molecule has 1 aromatic carbocycles. The molecule has 0 N–H and O–H groups in total. The lowest BCUT2D eigenvalue weighted by atomic mass is 10.3. The van der Waals surface area contributed by atoms with E-state index < -0.39 is 4.92 Å². The van der Waals surface area contributed by atoms with Crippen molar-refractivity contribution in [1.29, 1.82) is 0 Å². The van der Waals surface area contributed by atoms with Crippen LogP contribution in [0.4, 0.5) is 5.69 Å². The third kappa shape index (κ3) is 3.21. The average molecular weight is 344 g/mol. The zero-order chi connectivity index (χ0) is 14.0. The fraction of sp³-hybridized carbons (Fsp3) is 0.0833. The molecule has 2 aromatic rings. The summed E-state index contributed by atoms with van der Waals surface area (Å²) in [4.78, 5) is 14.2. The maximum atomic E-state index is 10.6. The second kappa shape index (κ2) is 5.54. The van der Waals surface area contributed by atoms with E-state index in [1.165, 1.54) is 18.2 Å². The molecular weight excluding hydrogens is 336 g/mol. The first kappa shape index (κ1) is 13.8. The number of rotatable bonds is 3. The van der Waals surface area contributed by atoms with Crippen LogP contribution in [0.5, 0.6) is 11.6 Å². The number of hydrogen-bond acceptors (Lipinski definition) is 4. The molecule has 1 heterocycles. The first-order valence-electron chi connectivity index (χ1n) is 5.21. The molecule has 0 aliphatic heterocycles. The second-order valence-corrected chi connectivity index (χ2v) is 5.07. The van der Waals surface area contributed by atoms with Crippen LogP contribution in [0.1, 0.15) is 5.56 Å². The molecule has 0 atom stereocenters. The molecule has 0 radical (unpaired) electrons. The minimum absolute atomic E-state index is 0.0252. The summed E-state index contributed by atoms with van der Waals surface area (Å²) in [6.07, 6.45) is 1.61. The van der Waals surface area contributed by atoms with Gasteiger partial charge in [0.2, 0.25) is 5.88 Å². The Labute approximate surface area is 122 Å². The van der Waals surface area contributed by atoms with E-state index >= 15 is 0 Å². The number of aromatic nitrogens is 1. The van der Waals surface area contributed by atoms with E-state index in [4.69, 9.17) is 16.3 Å². The molecule has 0 unspecified atom stereocenters. The summed E-state index contributed by atoms with van der Waals surface area (Å²) < 4.78 is 6.39. The molecule has 0 bridgehead atoms. The summed E-state index contributed by atoms with van der Waals surface area (Å²) in [5.74, 6) is 0.821. The molecule has 7 heteroatoms. The van der Waals surface area contributed by atoms with Crippen LogP contribution in [-0.4, -0.2) is 9.91 Å². The van der Waals surface area contributed by atoms with Crippen molar-refractivity contribution in [3.63, 3.8) is 0 Å². The Kier molecular flexibility index (Phi) is 4.01. The standard InChI is InChI=1S/C12H8BrClN2O3/c1-7-4-8(13)6-15-12(7)19-9-2-3-11(16(17)18)10(14)5-9/h2-6H,1H3. The highest BCUT2D eigenvalue weighted by molar-refractivity contribution is 9.10. The second-order valence-electron chi connectivity index (χ2n) is 3.75. The van der Waals surface area contributed by atoms with Gasteiger partial charge >= 0.3 is 0 Å². The largest absolute Gasteiger partial charge is 0.439 e. The van der Waals surface area contributed by atoms with Crippen LogP contribution < -0.4 is 4.74 Å². The Morgan fingerprint density at radius 3 is 2.74 bits per heavy atom. The molecule has 98 valence electrons. The van der Waals surface area contributed by atoms with Gasteiger partial charge in [0.25, 0.3) is 5.69 Å². The van der Waals surface area contributed by atoms with Crippen LogP contribution in [0.15, 0.2) is 34.9 Å². The van der Waals surface area contributed by atoms with Gasteiger partial charge in [0, 0.05) is 28.4 Å². The Morgan fingerprint density at radius 2 is 2.16 bits per heavy atom. The molecule has 0 saturated heterocycles. The van der Waals surface area contributed by atoms with Gasteiger partial charge in [-0.2, -0.15) is 0 Å². The summed E-state index contributed by atoms with van der Waals surface area (Å²) >= 11 is 9.11. The van der Waals surface area contributed by atoms with E-state index in [1.807, 2.05) is 13.0 Å². The highest BCUT2D eigenvalue weighted by atomic mass is 79.9. The number of benzene rings is 1.